The van der Waals surface area contributed by atoms with Gasteiger partial charge in [0.15, 0.2) is 12.4 Å². The van der Waals surface area contributed by atoms with E-state index in [0.717, 1.165) is 51.4 Å². The second kappa shape index (κ2) is 34.9. The van der Waals surface area contributed by atoms with Crippen LogP contribution in [0.3, 0.4) is 0 Å². The van der Waals surface area contributed by atoms with Gasteiger partial charge in [-0.05, 0) is 38.5 Å². The molecule has 1 fully saturated rings. The van der Waals surface area contributed by atoms with Crippen molar-refractivity contribution in [1.82, 2.24) is 0 Å². The molecule has 0 aliphatic carbocycles. The van der Waals surface area contributed by atoms with E-state index >= 15 is 0 Å². The van der Waals surface area contributed by atoms with Crippen LogP contribution < -0.4 is 0 Å². The van der Waals surface area contributed by atoms with Crippen molar-refractivity contribution in [3.05, 3.63) is 12.2 Å². The van der Waals surface area contributed by atoms with Crippen LogP contribution in [0.2, 0.25) is 0 Å². The summed E-state index contributed by atoms with van der Waals surface area (Å²) in [7, 11) is 0. The van der Waals surface area contributed by atoms with Crippen molar-refractivity contribution in [2.45, 2.75) is 230 Å². The van der Waals surface area contributed by atoms with Gasteiger partial charge in [-0.3, -0.25) is 9.59 Å². The van der Waals surface area contributed by atoms with Crippen LogP contribution in [0, 0.1) is 0 Å². The first-order valence-corrected chi connectivity index (χ1v) is 21.8. The minimum Gasteiger partial charge on any atom is -0.462 e. The van der Waals surface area contributed by atoms with Gasteiger partial charge in [0.05, 0.1) is 13.2 Å². The second-order valence-corrected chi connectivity index (χ2v) is 15.2. The van der Waals surface area contributed by atoms with Gasteiger partial charge in [0.1, 0.15) is 31.0 Å². The average molecular weight is 757 g/mol. The van der Waals surface area contributed by atoms with Gasteiger partial charge >= 0.3 is 11.9 Å². The minimum atomic E-state index is -1.59. The second-order valence-electron chi connectivity index (χ2n) is 15.2. The van der Waals surface area contributed by atoms with E-state index in [1.54, 1.807) is 0 Å². The lowest BCUT2D eigenvalue weighted by molar-refractivity contribution is -0.305. The number of allylic oxidation sites excluding steroid dienone is 2. The van der Waals surface area contributed by atoms with Gasteiger partial charge in [0.25, 0.3) is 0 Å². The monoisotopic (exact) mass is 757 g/mol. The predicted molar refractivity (Wildman–Crippen MR) is 210 cm³/mol. The van der Waals surface area contributed by atoms with Gasteiger partial charge in [-0.1, -0.05) is 154 Å². The van der Waals surface area contributed by atoms with E-state index < -0.39 is 49.4 Å². The fraction of sp³-hybridized carbons (Fsp3) is 0.907. The smallest absolute Gasteiger partial charge is 0.306 e. The Morgan fingerprint density at radius 3 is 1.49 bits per heavy atom. The van der Waals surface area contributed by atoms with E-state index in [1.165, 1.54) is 109 Å². The number of aliphatic hydroxyl groups excluding tert-OH is 4. The molecule has 0 amide bonds. The lowest BCUT2D eigenvalue weighted by atomic mass is 9.99. The lowest BCUT2D eigenvalue weighted by Gasteiger charge is -2.39. The van der Waals surface area contributed by atoms with Crippen LogP contribution in [-0.4, -0.2) is 89.0 Å². The number of ether oxygens (including phenoxy) is 4. The molecule has 0 unspecified atom stereocenters. The fourth-order valence-electron chi connectivity index (χ4n) is 6.65. The van der Waals surface area contributed by atoms with E-state index in [-0.39, 0.29) is 32.0 Å². The van der Waals surface area contributed by atoms with E-state index in [0.29, 0.717) is 6.42 Å². The third-order valence-electron chi connectivity index (χ3n) is 10.2. The van der Waals surface area contributed by atoms with Crippen molar-refractivity contribution in [2.75, 3.05) is 19.8 Å². The summed E-state index contributed by atoms with van der Waals surface area (Å²) in [6.07, 6.45) is 27.8. The number of hydrogen-bond donors (Lipinski definition) is 4. The Labute approximate surface area is 322 Å². The zero-order chi connectivity index (χ0) is 38.8. The van der Waals surface area contributed by atoms with E-state index in [9.17, 15) is 30.0 Å². The molecule has 1 aliphatic rings. The van der Waals surface area contributed by atoms with Crippen molar-refractivity contribution in [3.8, 4) is 0 Å². The minimum absolute atomic E-state index is 0.214. The molecule has 1 heterocycles. The first-order chi connectivity index (χ1) is 25.8. The third-order valence-corrected chi connectivity index (χ3v) is 10.2. The molecule has 53 heavy (non-hydrogen) atoms. The molecule has 1 saturated heterocycles. The Kier molecular flexibility index (Phi) is 32.6. The summed E-state index contributed by atoms with van der Waals surface area (Å²) in [6, 6.07) is 0. The molecule has 0 bridgehead atoms. The lowest BCUT2D eigenvalue weighted by Crippen LogP contribution is -2.59. The standard InChI is InChI=1S/C43H80O10/c1-3-5-7-9-11-13-15-17-18-20-21-23-25-27-29-31-38(45)50-34-36(35-51-43-42(49)41(48)40(47)37(33-44)53-43)52-39(46)32-30-28-26-24-22-19-16-14-12-10-8-6-4-2/h13,15,36-37,40-44,47-49H,3-12,14,16-35H2,1-2H3/b15-13-/t36-,37-,40+,41+,42-,43+/m1/s1. The van der Waals surface area contributed by atoms with Crippen LogP contribution >= 0.6 is 0 Å². The van der Waals surface area contributed by atoms with Crippen LogP contribution in [0.15, 0.2) is 12.2 Å². The van der Waals surface area contributed by atoms with Crippen LogP contribution in [0.1, 0.15) is 194 Å². The molecule has 1 aliphatic heterocycles. The normalized spacial score (nSPS) is 20.9. The van der Waals surface area contributed by atoms with Gasteiger partial charge in [0, 0.05) is 12.8 Å². The summed E-state index contributed by atoms with van der Waals surface area (Å²) >= 11 is 0. The van der Waals surface area contributed by atoms with Gasteiger partial charge in [-0.15, -0.1) is 0 Å². The maximum atomic E-state index is 12.7. The molecule has 0 aromatic carbocycles. The predicted octanol–water partition coefficient (Wildman–Crippen LogP) is 8.78. The molecule has 10 nitrogen and oxygen atoms in total. The molecule has 10 heteroatoms. The molecular weight excluding hydrogens is 676 g/mol. The highest BCUT2D eigenvalue weighted by atomic mass is 16.7. The van der Waals surface area contributed by atoms with Gasteiger partial charge < -0.3 is 39.4 Å². The number of esters is 2. The first-order valence-electron chi connectivity index (χ1n) is 21.8. The molecule has 0 aromatic heterocycles. The number of unbranched alkanes of at least 4 members (excludes halogenated alkanes) is 23. The van der Waals surface area contributed by atoms with Crippen molar-refractivity contribution < 1.29 is 49.0 Å². The summed E-state index contributed by atoms with van der Waals surface area (Å²) < 4.78 is 22.1. The van der Waals surface area contributed by atoms with Crippen molar-refractivity contribution >= 4 is 11.9 Å². The highest BCUT2D eigenvalue weighted by molar-refractivity contribution is 5.70. The van der Waals surface area contributed by atoms with Crippen LogP contribution in [-0.2, 0) is 28.5 Å². The topological polar surface area (TPSA) is 152 Å². The number of rotatable bonds is 36. The molecule has 6 atom stereocenters. The molecular formula is C43H80O10. The highest BCUT2D eigenvalue weighted by Crippen LogP contribution is 2.23. The van der Waals surface area contributed by atoms with Crippen LogP contribution in [0.4, 0.5) is 0 Å². The van der Waals surface area contributed by atoms with E-state index in [4.69, 9.17) is 18.9 Å². The Morgan fingerprint density at radius 2 is 1.00 bits per heavy atom. The number of carbonyl (C=O) groups excluding carboxylic acids is 2. The zero-order valence-corrected chi connectivity index (χ0v) is 33.8. The summed E-state index contributed by atoms with van der Waals surface area (Å²) in [5.41, 5.74) is 0. The first kappa shape index (κ1) is 49.5. The van der Waals surface area contributed by atoms with Crippen molar-refractivity contribution in [1.29, 1.82) is 0 Å². The van der Waals surface area contributed by atoms with Crippen molar-refractivity contribution in [2.24, 2.45) is 0 Å². The SMILES string of the molecule is CCCCCC/C=C\CCCCCCCCCC(=O)OC[C@H](CO[C@H]1O[C@H](CO)[C@H](O)[C@H](O)[C@H]1O)OC(=O)CCCCCCCCCCCCCCC. The summed E-state index contributed by atoms with van der Waals surface area (Å²) in [6.45, 7) is 3.41. The Balaban J connectivity index is 2.34. The Morgan fingerprint density at radius 1 is 0.566 bits per heavy atom. The van der Waals surface area contributed by atoms with Gasteiger partial charge in [-0.2, -0.15) is 0 Å². The summed E-state index contributed by atoms with van der Waals surface area (Å²) in [4.78, 5) is 25.3. The largest absolute Gasteiger partial charge is 0.462 e. The van der Waals surface area contributed by atoms with E-state index in [1.807, 2.05) is 0 Å². The molecule has 0 saturated carbocycles. The number of aliphatic hydroxyl groups is 4. The molecule has 0 spiro atoms. The number of carbonyl (C=O) groups is 2. The maximum Gasteiger partial charge on any atom is 0.306 e. The zero-order valence-electron chi connectivity index (χ0n) is 33.8. The Hall–Kier alpha value is -1.56. The third kappa shape index (κ3) is 26.8. The van der Waals surface area contributed by atoms with Crippen LogP contribution in [0.25, 0.3) is 0 Å². The molecule has 1 rings (SSSR count). The van der Waals surface area contributed by atoms with Gasteiger partial charge in [0.2, 0.25) is 0 Å². The van der Waals surface area contributed by atoms with Gasteiger partial charge in [-0.25, -0.2) is 0 Å². The quantitative estimate of drug-likeness (QED) is 0.0277. The molecule has 0 aromatic rings. The van der Waals surface area contributed by atoms with E-state index in [2.05, 4.69) is 26.0 Å². The van der Waals surface area contributed by atoms with Crippen LogP contribution in [0.5, 0.6) is 0 Å². The summed E-state index contributed by atoms with van der Waals surface area (Å²) in [5, 5.41) is 40.0. The molecule has 312 valence electrons. The van der Waals surface area contributed by atoms with Crippen molar-refractivity contribution in [3.63, 3.8) is 0 Å². The molecule has 4 N–H and O–H groups in total. The number of hydrogen-bond acceptors (Lipinski definition) is 10. The maximum absolute atomic E-state index is 12.7. The highest BCUT2D eigenvalue weighted by Gasteiger charge is 2.44. The molecule has 0 radical (unpaired) electrons. The Bertz CT molecular complexity index is 881. The average Bonchev–Trinajstić information content (AvgIpc) is 3.15. The fourth-order valence-corrected chi connectivity index (χ4v) is 6.65. The summed E-state index contributed by atoms with van der Waals surface area (Å²) in [5.74, 6) is -0.804.